The summed E-state index contributed by atoms with van der Waals surface area (Å²) in [4.78, 5) is 34.6. The zero-order chi connectivity index (χ0) is 28.1. The van der Waals surface area contributed by atoms with Crippen LogP contribution in [0.1, 0.15) is 49.3 Å². The van der Waals surface area contributed by atoms with Crippen molar-refractivity contribution in [3.05, 3.63) is 64.0 Å². The summed E-state index contributed by atoms with van der Waals surface area (Å²) >= 11 is 6.19. The molecular weight excluding hydrogens is 549 g/mol. The van der Waals surface area contributed by atoms with Crippen molar-refractivity contribution in [3.63, 3.8) is 0 Å². The molecule has 3 aromatic rings. The number of nitrogens with zero attached hydrogens (tertiary/aromatic N) is 4. The number of carbonyl (C=O) groups excluding carboxylic acids is 2. The van der Waals surface area contributed by atoms with Gasteiger partial charge in [-0.25, -0.2) is 0 Å². The molecule has 0 saturated heterocycles. The molecule has 0 fully saturated rings. The van der Waals surface area contributed by atoms with Crippen molar-refractivity contribution in [2.24, 2.45) is 5.92 Å². The van der Waals surface area contributed by atoms with Gasteiger partial charge in [0.25, 0.3) is 0 Å². The number of rotatable bonds is 11. The van der Waals surface area contributed by atoms with Crippen molar-refractivity contribution in [2.45, 2.75) is 59.4 Å². The van der Waals surface area contributed by atoms with Gasteiger partial charge < -0.3 is 19.6 Å². The molecule has 0 radical (unpaired) electrons. The van der Waals surface area contributed by atoms with Gasteiger partial charge in [0.1, 0.15) is 0 Å². The lowest BCUT2D eigenvalue weighted by Gasteiger charge is -2.30. The van der Waals surface area contributed by atoms with E-state index in [0.717, 1.165) is 42.5 Å². The highest BCUT2D eigenvalue weighted by Crippen LogP contribution is 2.29. The first-order chi connectivity index (χ1) is 18.6. The second kappa shape index (κ2) is 14.0. The number of nitrogens with one attached hydrogen (secondary N) is 1. The maximum atomic E-state index is 13.6. The lowest BCUT2D eigenvalue weighted by Crippen LogP contribution is -2.47. The van der Waals surface area contributed by atoms with Crippen molar-refractivity contribution in [3.8, 4) is 11.4 Å². The van der Waals surface area contributed by atoms with Gasteiger partial charge >= 0.3 is 0 Å². The van der Waals surface area contributed by atoms with E-state index >= 15 is 0 Å². The summed E-state index contributed by atoms with van der Waals surface area (Å²) in [5.74, 6) is 1.37. The monoisotopic (exact) mass is 587 g/mol. The Balaban J connectivity index is 0.00000441. The molecule has 4 rings (SSSR count). The lowest BCUT2D eigenvalue weighted by atomic mass is 10.1. The SMILES string of the molecule is Cc1nc(-c2ccc(C)c(N(CC(=O)NCCCC(C)C)CC(=O)N(C)C3Cc4ccc(Cl)cc4C3)c2)no1.Cl. The van der Waals surface area contributed by atoms with E-state index in [1.807, 2.05) is 60.2 Å². The summed E-state index contributed by atoms with van der Waals surface area (Å²) in [7, 11) is 1.84. The molecule has 0 saturated carbocycles. The number of amides is 2. The predicted molar refractivity (Wildman–Crippen MR) is 161 cm³/mol. The van der Waals surface area contributed by atoms with Gasteiger partial charge in [0.15, 0.2) is 0 Å². The fraction of sp³-hybridized carbons (Fsp3) is 0.467. The van der Waals surface area contributed by atoms with Crippen molar-refractivity contribution >= 4 is 41.5 Å². The van der Waals surface area contributed by atoms with Crippen LogP contribution in [0.25, 0.3) is 11.4 Å². The Morgan fingerprint density at radius 2 is 1.85 bits per heavy atom. The zero-order valence-corrected chi connectivity index (χ0v) is 25.4. The molecule has 0 bridgehead atoms. The molecule has 1 aromatic heterocycles. The fourth-order valence-electron chi connectivity index (χ4n) is 5.02. The summed E-state index contributed by atoms with van der Waals surface area (Å²) in [6.45, 7) is 8.80. The van der Waals surface area contributed by atoms with Crippen LogP contribution in [0.5, 0.6) is 0 Å². The predicted octanol–water partition coefficient (Wildman–Crippen LogP) is 5.41. The molecule has 2 aromatic carbocycles. The van der Waals surface area contributed by atoms with Gasteiger partial charge in [-0.15, -0.1) is 12.4 Å². The third-order valence-corrected chi connectivity index (χ3v) is 7.53. The second-order valence-electron chi connectivity index (χ2n) is 10.9. The van der Waals surface area contributed by atoms with E-state index < -0.39 is 0 Å². The van der Waals surface area contributed by atoms with Gasteiger partial charge in [0, 0.05) is 42.8 Å². The van der Waals surface area contributed by atoms with Crippen LogP contribution in [0.15, 0.2) is 40.9 Å². The minimum Gasteiger partial charge on any atom is -0.355 e. The van der Waals surface area contributed by atoms with Gasteiger partial charge in [-0.3, -0.25) is 9.59 Å². The van der Waals surface area contributed by atoms with E-state index in [2.05, 4.69) is 29.3 Å². The average Bonchev–Trinajstić information content (AvgIpc) is 3.51. The Labute approximate surface area is 247 Å². The van der Waals surface area contributed by atoms with Gasteiger partial charge in [0.2, 0.25) is 23.5 Å². The second-order valence-corrected chi connectivity index (χ2v) is 11.3. The van der Waals surface area contributed by atoms with Crippen LogP contribution in [0.2, 0.25) is 5.02 Å². The maximum absolute atomic E-state index is 13.6. The Bertz CT molecular complexity index is 1330. The molecule has 1 aliphatic rings. The summed E-state index contributed by atoms with van der Waals surface area (Å²) < 4.78 is 5.16. The van der Waals surface area contributed by atoms with E-state index in [9.17, 15) is 9.59 Å². The number of halogens is 2. The molecule has 1 N–H and O–H groups in total. The number of hydrogen-bond donors (Lipinski definition) is 1. The number of likely N-dealkylation sites (N-methyl/N-ethyl adjacent to an activating group) is 1. The van der Waals surface area contributed by atoms with E-state index in [-0.39, 0.29) is 43.4 Å². The maximum Gasteiger partial charge on any atom is 0.242 e. The highest BCUT2D eigenvalue weighted by Gasteiger charge is 2.29. The molecular formula is C30H39Cl2N5O3. The standard InChI is InChI=1S/C30H38ClN5O3.ClH/c1-19(2)7-6-12-32-28(37)17-36(27-16-23(9-8-20(27)3)30-33-21(4)39-34-30)18-29(38)35(5)26-14-22-10-11-25(31)13-24(22)15-26;/h8-11,13,16,19,26H,6-7,12,14-15,17-18H2,1-5H3,(H,32,37);1H. The summed E-state index contributed by atoms with van der Waals surface area (Å²) in [6, 6.07) is 11.8. The average molecular weight is 589 g/mol. The van der Waals surface area contributed by atoms with Crippen LogP contribution >= 0.6 is 24.0 Å². The number of aryl methyl sites for hydroxylation is 2. The first kappa shape index (κ1) is 31.4. The van der Waals surface area contributed by atoms with Crippen molar-refractivity contribution in [2.75, 3.05) is 31.6 Å². The summed E-state index contributed by atoms with van der Waals surface area (Å²) in [5.41, 5.74) is 4.91. The Kier molecular flexibility index (Phi) is 11.0. The molecule has 10 heteroatoms. The van der Waals surface area contributed by atoms with Crippen LogP contribution in [0, 0.1) is 19.8 Å². The van der Waals surface area contributed by atoms with E-state index in [1.54, 1.807) is 6.92 Å². The number of anilines is 1. The minimum atomic E-state index is -0.114. The molecule has 0 aliphatic heterocycles. The van der Waals surface area contributed by atoms with Gasteiger partial charge in [-0.1, -0.05) is 48.8 Å². The molecule has 0 spiro atoms. The highest BCUT2D eigenvalue weighted by atomic mass is 35.5. The largest absolute Gasteiger partial charge is 0.355 e. The lowest BCUT2D eigenvalue weighted by molar-refractivity contribution is -0.130. The van der Waals surface area contributed by atoms with E-state index in [0.29, 0.717) is 29.2 Å². The van der Waals surface area contributed by atoms with Crippen LogP contribution in [-0.4, -0.2) is 59.6 Å². The first-order valence-electron chi connectivity index (χ1n) is 13.6. The summed E-state index contributed by atoms with van der Waals surface area (Å²) in [5, 5.41) is 7.77. The quantitative estimate of drug-likeness (QED) is 0.301. The molecule has 216 valence electrons. The smallest absolute Gasteiger partial charge is 0.242 e. The van der Waals surface area contributed by atoms with Crippen molar-refractivity contribution in [1.29, 1.82) is 0 Å². The zero-order valence-electron chi connectivity index (χ0n) is 23.9. The molecule has 1 unspecified atom stereocenters. The molecule has 8 nitrogen and oxygen atoms in total. The number of aromatic nitrogens is 2. The van der Waals surface area contributed by atoms with Crippen LogP contribution in [0.3, 0.4) is 0 Å². The highest BCUT2D eigenvalue weighted by molar-refractivity contribution is 6.30. The number of fused-ring (bicyclic) bond motifs is 1. The van der Waals surface area contributed by atoms with Crippen LogP contribution in [-0.2, 0) is 22.4 Å². The van der Waals surface area contributed by atoms with Gasteiger partial charge in [-0.05, 0) is 73.4 Å². The molecule has 40 heavy (non-hydrogen) atoms. The summed E-state index contributed by atoms with van der Waals surface area (Å²) in [6.07, 6.45) is 3.52. The Hall–Kier alpha value is -3.10. The van der Waals surface area contributed by atoms with Crippen molar-refractivity contribution in [1.82, 2.24) is 20.4 Å². The number of hydrogen-bond acceptors (Lipinski definition) is 6. The topological polar surface area (TPSA) is 91.6 Å². The molecule has 1 atom stereocenters. The normalized spacial score (nSPS) is 14.0. The van der Waals surface area contributed by atoms with E-state index in [1.165, 1.54) is 11.1 Å². The van der Waals surface area contributed by atoms with Gasteiger partial charge in [-0.2, -0.15) is 4.98 Å². The van der Waals surface area contributed by atoms with Crippen LogP contribution < -0.4 is 10.2 Å². The molecule has 2 amide bonds. The van der Waals surface area contributed by atoms with E-state index in [4.69, 9.17) is 16.1 Å². The third kappa shape index (κ3) is 7.98. The number of carbonyl (C=O) groups is 2. The molecule has 1 aliphatic carbocycles. The first-order valence-corrected chi connectivity index (χ1v) is 13.9. The van der Waals surface area contributed by atoms with Crippen molar-refractivity contribution < 1.29 is 14.1 Å². The fourth-order valence-corrected chi connectivity index (χ4v) is 5.21. The Morgan fingerprint density at radius 1 is 1.10 bits per heavy atom. The number of benzene rings is 2. The van der Waals surface area contributed by atoms with Crippen LogP contribution in [0.4, 0.5) is 5.69 Å². The third-order valence-electron chi connectivity index (χ3n) is 7.30. The Morgan fingerprint density at radius 3 is 2.55 bits per heavy atom. The minimum absolute atomic E-state index is 0. The van der Waals surface area contributed by atoms with Gasteiger partial charge in [0.05, 0.1) is 13.1 Å². The molecule has 1 heterocycles.